The van der Waals surface area contributed by atoms with Gasteiger partial charge in [-0.15, -0.1) is 0 Å². The summed E-state index contributed by atoms with van der Waals surface area (Å²) in [7, 11) is 0. The van der Waals surface area contributed by atoms with Crippen molar-refractivity contribution in [3.8, 4) is 5.75 Å². The first-order chi connectivity index (χ1) is 9.95. The highest BCUT2D eigenvalue weighted by atomic mass is 127. The molecule has 0 aliphatic carbocycles. The van der Waals surface area contributed by atoms with Gasteiger partial charge in [0.1, 0.15) is 5.75 Å². The number of carbonyl (C=O) groups is 1. The lowest BCUT2D eigenvalue weighted by atomic mass is 10.3. The molecule has 2 aromatic rings. The fraction of sp³-hybridized carbons (Fsp3) is 0.133. The van der Waals surface area contributed by atoms with Gasteiger partial charge in [-0.3, -0.25) is 4.79 Å². The zero-order chi connectivity index (χ0) is 15.4. The summed E-state index contributed by atoms with van der Waals surface area (Å²) in [6.45, 7) is 1.66. The normalized spacial score (nSPS) is 11.8. The van der Waals surface area contributed by atoms with Gasteiger partial charge in [0.2, 0.25) is 0 Å². The van der Waals surface area contributed by atoms with Gasteiger partial charge in [0, 0.05) is 8.59 Å². The summed E-state index contributed by atoms with van der Waals surface area (Å²) in [6.07, 6.45) is -0.668. The van der Waals surface area contributed by atoms with E-state index in [1.54, 1.807) is 43.3 Å². The van der Waals surface area contributed by atoms with E-state index in [1.165, 1.54) is 0 Å². The summed E-state index contributed by atoms with van der Waals surface area (Å²) < 4.78 is 6.55. The molecule has 0 saturated heterocycles. The maximum absolute atomic E-state index is 12.1. The molecular formula is C15H12Cl2INO2. The minimum absolute atomic E-state index is 0.280. The molecule has 0 spiro atoms. The first kappa shape index (κ1) is 16.4. The molecule has 0 heterocycles. The van der Waals surface area contributed by atoms with E-state index in [4.69, 9.17) is 27.9 Å². The quantitative estimate of drug-likeness (QED) is 0.686. The third-order valence-corrected chi connectivity index (χ3v) is 3.89. The minimum Gasteiger partial charge on any atom is -0.481 e. The minimum atomic E-state index is -0.668. The van der Waals surface area contributed by atoms with E-state index < -0.39 is 6.10 Å². The van der Waals surface area contributed by atoms with Crippen molar-refractivity contribution in [3.05, 3.63) is 56.1 Å². The lowest BCUT2D eigenvalue weighted by molar-refractivity contribution is -0.122. The van der Waals surface area contributed by atoms with Crippen LogP contribution in [0.5, 0.6) is 5.75 Å². The molecule has 1 N–H and O–H groups in total. The standard InChI is InChI=1S/C15H12Cl2INO2/c1-9(21-12-4-2-3-10(16)7-12)15(20)19-14-6-5-11(18)8-13(14)17/h2-9H,1H3,(H,19,20). The van der Waals surface area contributed by atoms with Crippen LogP contribution in [0.4, 0.5) is 5.69 Å². The van der Waals surface area contributed by atoms with Gasteiger partial charge < -0.3 is 10.1 Å². The average Bonchev–Trinajstić information content (AvgIpc) is 2.41. The second kappa shape index (κ2) is 7.33. The van der Waals surface area contributed by atoms with E-state index in [1.807, 2.05) is 6.07 Å². The van der Waals surface area contributed by atoms with Crippen LogP contribution in [-0.2, 0) is 4.79 Å². The van der Waals surface area contributed by atoms with Crippen LogP contribution >= 0.6 is 45.8 Å². The Morgan fingerprint density at radius 3 is 2.67 bits per heavy atom. The summed E-state index contributed by atoms with van der Waals surface area (Å²) in [4.78, 5) is 12.1. The Morgan fingerprint density at radius 2 is 2.00 bits per heavy atom. The number of carbonyl (C=O) groups excluding carboxylic acids is 1. The van der Waals surface area contributed by atoms with E-state index in [9.17, 15) is 4.79 Å². The summed E-state index contributed by atoms with van der Waals surface area (Å²) in [6, 6.07) is 12.3. The highest BCUT2D eigenvalue weighted by Gasteiger charge is 2.16. The molecule has 3 nitrogen and oxygen atoms in total. The van der Waals surface area contributed by atoms with Gasteiger partial charge in [0.15, 0.2) is 6.10 Å². The van der Waals surface area contributed by atoms with E-state index in [0.717, 1.165) is 3.57 Å². The van der Waals surface area contributed by atoms with Crippen LogP contribution in [0.15, 0.2) is 42.5 Å². The van der Waals surface area contributed by atoms with E-state index in [0.29, 0.717) is 21.5 Å². The summed E-state index contributed by atoms with van der Waals surface area (Å²) in [5.74, 6) is 0.261. The van der Waals surface area contributed by atoms with Crippen molar-refractivity contribution in [2.24, 2.45) is 0 Å². The van der Waals surface area contributed by atoms with Gasteiger partial charge in [-0.2, -0.15) is 0 Å². The van der Waals surface area contributed by atoms with Crippen molar-refractivity contribution in [1.29, 1.82) is 0 Å². The lowest BCUT2D eigenvalue weighted by Crippen LogP contribution is -2.30. The van der Waals surface area contributed by atoms with Crippen molar-refractivity contribution in [3.63, 3.8) is 0 Å². The van der Waals surface area contributed by atoms with Gasteiger partial charge in [-0.05, 0) is 65.9 Å². The number of hydrogen-bond donors (Lipinski definition) is 1. The SMILES string of the molecule is CC(Oc1cccc(Cl)c1)C(=O)Nc1ccc(I)cc1Cl. The van der Waals surface area contributed by atoms with Crippen LogP contribution in [-0.4, -0.2) is 12.0 Å². The van der Waals surface area contributed by atoms with Crippen LogP contribution in [0.25, 0.3) is 0 Å². The molecule has 6 heteroatoms. The van der Waals surface area contributed by atoms with E-state index >= 15 is 0 Å². The predicted molar refractivity (Wildman–Crippen MR) is 94.3 cm³/mol. The van der Waals surface area contributed by atoms with E-state index in [2.05, 4.69) is 27.9 Å². The highest BCUT2D eigenvalue weighted by Crippen LogP contribution is 2.24. The zero-order valence-electron chi connectivity index (χ0n) is 11.1. The lowest BCUT2D eigenvalue weighted by Gasteiger charge is -2.15. The highest BCUT2D eigenvalue weighted by molar-refractivity contribution is 14.1. The van der Waals surface area contributed by atoms with Crippen molar-refractivity contribution in [2.75, 3.05) is 5.32 Å². The summed E-state index contributed by atoms with van der Waals surface area (Å²) in [5.41, 5.74) is 0.559. The molecule has 1 amide bonds. The first-order valence-corrected chi connectivity index (χ1v) is 7.97. The van der Waals surface area contributed by atoms with Crippen molar-refractivity contribution in [2.45, 2.75) is 13.0 Å². The number of ether oxygens (including phenoxy) is 1. The van der Waals surface area contributed by atoms with E-state index in [-0.39, 0.29) is 5.91 Å². The molecule has 0 radical (unpaired) electrons. The molecular weight excluding hydrogens is 424 g/mol. The molecule has 21 heavy (non-hydrogen) atoms. The predicted octanol–water partition coefficient (Wildman–Crippen LogP) is 5.00. The largest absolute Gasteiger partial charge is 0.481 e. The Bertz CT molecular complexity index is 664. The Kier molecular flexibility index (Phi) is 5.72. The molecule has 1 atom stereocenters. The van der Waals surface area contributed by atoms with Gasteiger partial charge in [-0.25, -0.2) is 0 Å². The Labute approximate surface area is 146 Å². The molecule has 0 fully saturated rings. The van der Waals surface area contributed by atoms with Gasteiger partial charge in [-0.1, -0.05) is 29.3 Å². The van der Waals surface area contributed by atoms with Crippen LogP contribution in [0.1, 0.15) is 6.92 Å². The Morgan fingerprint density at radius 1 is 1.24 bits per heavy atom. The number of benzene rings is 2. The number of amides is 1. The van der Waals surface area contributed by atoms with Crippen molar-refractivity contribution < 1.29 is 9.53 Å². The third kappa shape index (κ3) is 4.76. The topological polar surface area (TPSA) is 38.3 Å². The second-order valence-corrected chi connectivity index (χ2v) is 6.42. The van der Waals surface area contributed by atoms with Crippen molar-refractivity contribution in [1.82, 2.24) is 0 Å². The second-order valence-electron chi connectivity index (χ2n) is 4.33. The maximum atomic E-state index is 12.1. The fourth-order valence-corrected chi connectivity index (χ4v) is 2.71. The third-order valence-electron chi connectivity index (χ3n) is 2.67. The van der Waals surface area contributed by atoms with Gasteiger partial charge in [0.25, 0.3) is 5.91 Å². The average molecular weight is 436 g/mol. The number of rotatable bonds is 4. The maximum Gasteiger partial charge on any atom is 0.265 e. The van der Waals surface area contributed by atoms with Crippen LogP contribution in [0, 0.1) is 3.57 Å². The first-order valence-electron chi connectivity index (χ1n) is 6.14. The number of halogens is 3. The van der Waals surface area contributed by atoms with Crippen molar-refractivity contribution >= 4 is 57.4 Å². The number of hydrogen-bond acceptors (Lipinski definition) is 2. The molecule has 0 bridgehead atoms. The monoisotopic (exact) mass is 435 g/mol. The molecule has 0 saturated carbocycles. The number of nitrogens with one attached hydrogen (secondary N) is 1. The van der Waals surface area contributed by atoms with Gasteiger partial charge in [0.05, 0.1) is 10.7 Å². The molecule has 110 valence electrons. The molecule has 2 aromatic carbocycles. The Hall–Kier alpha value is -0.980. The molecule has 0 aliphatic rings. The Balaban J connectivity index is 2.02. The molecule has 1 unspecified atom stereocenters. The summed E-state index contributed by atoms with van der Waals surface area (Å²) in [5, 5.41) is 3.79. The summed E-state index contributed by atoms with van der Waals surface area (Å²) >= 11 is 14.1. The smallest absolute Gasteiger partial charge is 0.265 e. The molecule has 0 aromatic heterocycles. The van der Waals surface area contributed by atoms with Gasteiger partial charge >= 0.3 is 0 Å². The van der Waals surface area contributed by atoms with Crippen LogP contribution < -0.4 is 10.1 Å². The molecule has 2 rings (SSSR count). The van der Waals surface area contributed by atoms with Crippen LogP contribution in [0.3, 0.4) is 0 Å². The fourth-order valence-electron chi connectivity index (χ4n) is 1.62. The van der Waals surface area contributed by atoms with Crippen LogP contribution in [0.2, 0.25) is 10.0 Å². The zero-order valence-corrected chi connectivity index (χ0v) is 14.7. The number of anilines is 1. The molecule has 0 aliphatic heterocycles.